The van der Waals surface area contributed by atoms with Gasteiger partial charge >= 0.3 is 0 Å². The highest BCUT2D eigenvalue weighted by Crippen LogP contribution is 2.19. The fourth-order valence-electron chi connectivity index (χ4n) is 2.48. The topological polar surface area (TPSA) is 54.7 Å². The second kappa shape index (κ2) is 8.39. The van der Waals surface area contributed by atoms with Crippen molar-refractivity contribution in [3.05, 3.63) is 54.0 Å². The highest BCUT2D eigenvalue weighted by atomic mass is 16.5. The molecule has 1 atom stereocenters. The van der Waals surface area contributed by atoms with E-state index in [4.69, 9.17) is 9.15 Å². The third-order valence-corrected chi connectivity index (χ3v) is 3.80. The van der Waals surface area contributed by atoms with Crippen molar-refractivity contribution in [2.75, 3.05) is 27.7 Å². The van der Waals surface area contributed by atoms with Gasteiger partial charge in [-0.05, 0) is 44.3 Å². The standard InChI is InChI=1S/C18H24N2O3/c1-20(2)15(17-9-6-12-23-17)13-19-18(21)11-10-14-7-4-5-8-16(14)22-3/h4-9,12,15H,10-11,13H2,1-3H3,(H,19,21). The third kappa shape index (κ3) is 4.86. The van der Waals surface area contributed by atoms with E-state index in [1.807, 2.05) is 55.4 Å². The molecule has 0 aliphatic carbocycles. The second-order valence-corrected chi connectivity index (χ2v) is 5.61. The molecule has 0 spiro atoms. The van der Waals surface area contributed by atoms with Gasteiger partial charge in [0.2, 0.25) is 5.91 Å². The summed E-state index contributed by atoms with van der Waals surface area (Å²) in [6, 6.07) is 11.6. The van der Waals surface area contributed by atoms with Crippen LogP contribution < -0.4 is 10.1 Å². The van der Waals surface area contributed by atoms with Gasteiger partial charge in [-0.15, -0.1) is 0 Å². The van der Waals surface area contributed by atoms with Gasteiger partial charge in [0.05, 0.1) is 19.4 Å². The van der Waals surface area contributed by atoms with Crippen LogP contribution in [0.1, 0.15) is 23.8 Å². The Kier molecular flexibility index (Phi) is 6.23. The summed E-state index contributed by atoms with van der Waals surface area (Å²) in [5.41, 5.74) is 1.04. The van der Waals surface area contributed by atoms with E-state index in [1.54, 1.807) is 13.4 Å². The minimum atomic E-state index is 0.0225. The lowest BCUT2D eigenvalue weighted by molar-refractivity contribution is -0.121. The Morgan fingerprint density at radius 3 is 2.70 bits per heavy atom. The van der Waals surface area contributed by atoms with Crippen molar-refractivity contribution < 1.29 is 13.9 Å². The van der Waals surface area contributed by atoms with Crippen molar-refractivity contribution in [3.8, 4) is 5.75 Å². The van der Waals surface area contributed by atoms with Crippen LogP contribution in [-0.4, -0.2) is 38.6 Å². The molecule has 1 unspecified atom stereocenters. The molecule has 1 N–H and O–H groups in total. The van der Waals surface area contributed by atoms with E-state index in [0.29, 0.717) is 19.4 Å². The van der Waals surface area contributed by atoms with Gasteiger partial charge in [0.15, 0.2) is 0 Å². The smallest absolute Gasteiger partial charge is 0.220 e. The molecule has 1 aromatic carbocycles. The maximum absolute atomic E-state index is 12.1. The minimum absolute atomic E-state index is 0.0225. The third-order valence-electron chi connectivity index (χ3n) is 3.80. The Balaban J connectivity index is 1.85. The molecule has 5 nitrogen and oxygen atoms in total. The van der Waals surface area contributed by atoms with Gasteiger partial charge in [0, 0.05) is 13.0 Å². The lowest BCUT2D eigenvalue weighted by Gasteiger charge is -2.22. The molecule has 1 heterocycles. The SMILES string of the molecule is COc1ccccc1CCC(=O)NCC(c1ccco1)N(C)C. The maximum Gasteiger partial charge on any atom is 0.220 e. The van der Waals surface area contributed by atoms with Gasteiger partial charge in [-0.2, -0.15) is 0 Å². The molecule has 0 bridgehead atoms. The zero-order valence-corrected chi connectivity index (χ0v) is 13.9. The second-order valence-electron chi connectivity index (χ2n) is 5.61. The molecule has 5 heteroatoms. The molecule has 0 aliphatic heterocycles. The predicted molar refractivity (Wildman–Crippen MR) is 89.5 cm³/mol. The van der Waals surface area contributed by atoms with Crippen LogP contribution in [0.3, 0.4) is 0 Å². The highest BCUT2D eigenvalue weighted by molar-refractivity contribution is 5.76. The van der Waals surface area contributed by atoms with Crippen molar-refractivity contribution in [1.29, 1.82) is 0 Å². The molecule has 1 aromatic heterocycles. The summed E-state index contributed by atoms with van der Waals surface area (Å²) < 4.78 is 10.7. The van der Waals surface area contributed by atoms with Gasteiger partial charge in [0.1, 0.15) is 11.5 Å². The Hall–Kier alpha value is -2.27. The molecule has 0 saturated carbocycles. The summed E-state index contributed by atoms with van der Waals surface area (Å²) in [5.74, 6) is 1.69. The van der Waals surface area contributed by atoms with E-state index < -0.39 is 0 Å². The normalized spacial score (nSPS) is 12.2. The summed E-state index contributed by atoms with van der Waals surface area (Å²) >= 11 is 0. The molecule has 0 saturated heterocycles. The van der Waals surface area contributed by atoms with Crippen LogP contribution in [0.4, 0.5) is 0 Å². The molecule has 2 rings (SSSR count). The molecule has 1 amide bonds. The lowest BCUT2D eigenvalue weighted by Crippen LogP contribution is -2.34. The zero-order valence-electron chi connectivity index (χ0n) is 13.9. The number of rotatable bonds is 8. The number of aryl methyl sites for hydroxylation is 1. The van der Waals surface area contributed by atoms with Crippen LogP contribution in [0.2, 0.25) is 0 Å². The number of ether oxygens (including phenoxy) is 1. The van der Waals surface area contributed by atoms with Crippen molar-refractivity contribution >= 4 is 5.91 Å². The number of methoxy groups -OCH3 is 1. The number of para-hydroxylation sites is 1. The summed E-state index contributed by atoms with van der Waals surface area (Å²) in [4.78, 5) is 14.1. The zero-order chi connectivity index (χ0) is 16.7. The lowest BCUT2D eigenvalue weighted by atomic mass is 10.1. The fourth-order valence-corrected chi connectivity index (χ4v) is 2.48. The molecule has 2 aromatic rings. The van der Waals surface area contributed by atoms with E-state index in [1.165, 1.54) is 0 Å². The van der Waals surface area contributed by atoms with E-state index >= 15 is 0 Å². The molecular formula is C18H24N2O3. The summed E-state index contributed by atoms with van der Waals surface area (Å²) in [6.07, 6.45) is 2.73. The Labute approximate surface area is 137 Å². The van der Waals surface area contributed by atoms with Gasteiger partial charge in [-0.25, -0.2) is 0 Å². The van der Waals surface area contributed by atoms with Crippen molar-refractivity contribution in [1.82, 2.24) is 10.2 Å². The average Bonchev–Trinajstić information content (AvgIpc) is 3.07. The first-order chi connectivity index (χ1) is 11.1. The molecule has 0 fully saturated rings. The minimum Gasteiger partial charge on any atom is -0.496 e. The highest BCUT2D eigenvalue weighted by Gasteiger charge is 2.17. The number of furan rings is 1. The monoisotopic (exact) mass is 316 g/mol. The Morgan fingerprint density at radius 1 is 1.26 bits per heavy atom. The van der Waals surface area contributed by atoms with Crippen LogP contribution in [0, 0.1) is 0 Å². The number of nitrogens with zero attached hydrogens (tertiary/aromatic N) is 1. The van der Waals surface area contributed by atoms with E-state index in [2.05, 4.69) is 5.32 Å². The number of likely N-dealkylation sites (N-methyl/N-ethyl adjacent to an activating group) is 1. The summed E-state index contributed by atoms with van der Waals surface area (Å²) in [7, 11) is 5.58. The Morgan fingerprint density at radius 2 is 2.04 bits per heavy atom. The van der Waals surface area contributed by atoms with Crippen LogP contribution >= 0.6 is 0 Å². The molecule has 0 radical (unpaired) electrons. The number of amides is 1. The predicted octanol–water partition coefficient (Wildman–Crippen LogP) is 2.64. The van der Waals surface area contributed by atoms with Crippen molar-refractivity contribution in [2.24, 2.45) is 0 Å². The van der Waals surface area contributed by atoms with Gasteiger partial charge < -0.3 is 14.5 Å². The largest absolute Gasteiger partial charge is 0.496 e. The maximum atomic E-state index is 12.1. The number of nitrogens with one attached hydrogen (secondary N) is 1. The number of hydrogen-bond donors (Lipinski definition) is 1. The summed E-state index contributed by atoms with van der Waals surface area (Å²) in [6.45, 7) is 0.519. The Bertz CT molecular complexity index is 608. The number of carbonyl (C=O) groups is 1. The summed E-state index contributed by atoms with van der Waals surface area (Å²) in [5, 5.41) is 2.98. The van der Waals surface area contributed by atoms with Crippen LogP contribution in [0.25, 0.3) is 0 Å². The number of benzene rings is 1. The van der Waals surface area contributed by atoms with E-state index in [0.717, 1.165) is 17.1 Å². The van der Waals surface area contributed by atoms with Crippen molar-refractivity contribution in [2.45, 2.75) is 18.9 Å². The van der Waals surface area contributed by atoms with Crippen LogP contribution in [0.15, 0.2) is 47.1 Å². The molecular weight excluding hydrogens is 292 g/mol. The van der Waals surface area contributed by atoms with Gasteiger partial charge in [0.25, 0.3) is 0 Å². The van der Waals surface area contributed by atoms with Crippen LogP contribution in [-0.2, 0) is 11.2 Å². The first-order valence-electron chi connectivity index (χ1n) is 7.70. The number of carbonyl (C=O) groups excluding carboxylic acids is 1. The van der Waals surface area contributed by atoms with Crippen LogP contribution in [0.5, 0.6) is 5.75 Å². The first kappa shape index (κ1) is 17.1. The quantitative estimate of drug-likeness (QED) is 0.813. The molecule has 0 aliphatic rings. The fraction of sp³-hybridized carbons (Fsp3) is 0.389. The first-order valence-corrected chi connectivity index (χ1v) is 7.70. The molecule has 124 valence electrons. The number of hydrogen-bond acceptors (Lipinski definition) is 4. The van der Waals surface area contributed by atoms with E-state index in [9.17, 15) is 4.79 Å². The van der Waals surface area contributed by atoms with E-state index in [-0.39, 0.29) is 11.9 Å². The van der Waals surface area contributed by atoms with Crippen molar-refractivity contribution in [3.63, 3.8) is 0 Å². The average molecular weight is 316 g/mol. The van der Waals surface area contributed by atoms with Gasteiger partial charge in [-0.1, -0.05) is 18.2 Å². The molecule has 23 heavy (non-hydrogen) atoms. The van der Waals surface area contributed by atoms with Gasteiger partial charge in [-0.3, -0.25) is 9.69 Å².